The summed E-state index contributed by atoms with van der Waals surface area (Å²) in [5.74, 6) is 0.997. The van der Waals surface area contributed by atoms with Crippen LogP contribution in [0.3, 0.4) is 0 Å². The fourth-order valence-electron chi connectivity index (χ4n) is 2.70. The van der Waals surface area contributed by atoms with Gasteiger partial charge in [0.15, 0.2) is 0 Å². The average molecular weight is 276 g/mol. The third-order valence-corrected chi connectivity index (χ3v) is 6.03. The second-order valence-electron chi connectivity index (χ2n) is 5.44. The Kier molecular flexibility index (Phi) is 5.00. The van der Waals surface area contributed by atoms with Crippen LogP contribution in [-0.4, -0.2) is 46.5 Å². The third kappa shape index (κ3) is 3.66. The SMILES string of the molecule is CC1CNCCC1CNS(=O)(=O)C1CCOCC1. The molecule has 2 fully saturated rings. The molecule has 2 aliphatic heterocycles. The van der Waals surface area contributed by atoms with Crippen LogP contribution in [0.2, 0.25) is 0 Å². The lowest BCUT2D eigenvalue weighted by Gasteiger charge is -2.30. The highest BCUT2D eigenvalue weighted by Gasteiger charge is 2.29. The molecule has 2 heterocycles. The molecular weight excluding hydrogens is 252 g/mol. The van der Waals surface area contributed by atoms with E-state index in [1.807, 2.05) is 0 Å². The quantitative estimate of drug-likeness (QED) is 0.776. The Labute approximate surface area is 110 Å². The first kappa shape index (κ1) is 14.2. The summed E-state index contributed by atoms with van der Waals surface area (Å²) in [6.07, 6.45) is 2.30. The number of nitrogens with one attached hydrogen (secondary N) is 2. The maximum absolute atomic E-state index is 12.2. The van der Waals surface area contributed by atoms with Crippen LogP contribution in [0, 0.1) is 11.8 Å². The second-order valence-corrected chi connectivity index (χ2v) is 7.48. The van der Waals surface area contributed by atoms with Gasteiger partial charge in [-0.15, -0.1) is 0 Å². The number of sulfonamides is 1. The molecule has 2 unspecified atom stereocenters. The average Bonchev–Trinajstić information content (AvgIpc) is 2.39. The highest BCUT2D eigenvalue weighted by atomic mass is 32.2. The maximum atomic E-state index is 12.2. The van der Waals surface area contributed by atoms with Crippen molar-refractivity contribution in [1.82, 2.24) is 10.0 Å². The molecule has 0 aromatic heterocycles. The van der Waals surface area contributed by atoms with Gasteiger partial charge in [-0.3, -0.25) is 0 Å². The fraction of sp³-hybridized carbons (Fsp3) is 1.00. The molecule has 0 aromatic rings. The smallest absolute Gasteiger partial charge is 0.214 e. The van der Waals surface area contributed by atoms with Gasteiger partial charge >= 0.3 is 0 Å². The Balaban J connectivity index is 1.84. The van der Waals surface area contributed by atoms with E-state index >= 15 is 0 Å². The van der Waals surface area contributed by atoms with Crippen molar-refractivity contribution >= 4 is 10.0 Å². The lowest BCUT2D eigenvalue weighted by Crippen LogP contribution is -2.44. The molecule has 2 saturated heterocycles. The van der Waals surface area contributed by atoms with E-state index in [1.54, 1.807) is 0 Å². The molecule has 5 nitrogen and oxygen atoms in total. The molecule has 2 N–H and O–H groups in total. The van der Waals surface area contributed by atoms with Gasteiger partial charge in [0.25, 0.3) is 0 Å². The van der Waals surface area contributed by atoms with Gasteiger partial charge in [0.05, 0.1) is 5.25 Å². The van der Waals surface area contributed by atoms with Gasteiger partial charge in [-0.25, -0.2) is 13.1 Å². The highest BCUT2D eigenvalue weighted by molar-refractivity contribution is 7.90. The van der Waals surface area contributed by atoms with E-state index in [9.17, 15) is 8.42 Å². The van der Waals surface area contributed by atoms with Crippen molar-refractivity contribution in [3.8, 4) is 0 Å². The Bertz CT molecular complexity index is 352. The van der Waals surface area contributed by atoms with Crippen LogP contribution in [-0.2, 0) is 14.8 Å². The monoisotopic (exact) mass is 276 g/mol. The maximum Gasteiger partial charge on any atom is 0.214 e. The van der Waals surface area contributed by atoms with Crippen molar-refractivity contribution in [1.29, 1.82) is 0 Å². The van der Waals surface area contributed by atoms with Gasteiger partial charge in [0, 0.05) is 19.8 Å². The van der Waals surface area contributed by atoms with Crippen LogP contribution in [0.4, 0.5) is 0 Å². The zero-order valence-corrected chi connectivity index (χ0v) is 11.8. The first-order valence-corrected chi connectivity index (χ1v) is 8.41. The highest BCUT2D eigenvalue weighted by Crippen LogP contribution is 2.19. The summed E-state index contributed by atoms with van der Waals surface area (Å²) in [5, 5.41) is 3.07. The Morgan fingerprint density at radius 3 is 2.67 bits per heavy atom. The molecule has 0 amide bonds. The zero-order chi connectivity index (χ0) is 13.0. The first-order valence-electron chi connectivity index (χ1n) is 6.86. The number of ether oxygens (including phenoxy) is 1. The van der Waals surface area contributed by atoms with E-state index in [0.29, 0.717) is 44.4 Å². The Morgan fingerprint density at radius 1 is 1.28 bits per heavy atom. The summed E-state index contributed by atoms with van der Waals surface area (Å²) in [4.78, 5) is 0. The summed E-state index contributed by atoms with van der Waals surface area (Å²) >= 11 is 0. The molecule has 0 radical (unpaired) electrons. The van der Waals surface area contributed by atoms with E-state index in [0.717, 1.165) is 19.5 Å². The minimum absolute atomic E-state index is 0.261. The van der Waals surface area contributed by atoms with Gasteiger partial charge in [-0.05, 0) is 44.2 Å². The van der Waals surface area contributed by atoms with Gasteiger partial charge in [-0.2, -0.15) is 0 Å². The fourth-order valence-corrected chi connectivity index (χ4v) is 4.19. The van der Waals surface area contributed by atoms with E-state index < -0.39 is 10.0 Å². The number of piperidine rings is 1. The van der Waals surface area contributed by atoms with Gasteiger partial charge in [0.2, 0.25) is 10.0 Å². The Morgan fingerprint density at radius 2 is 2.00 bits per heavy atom. The predicted octanol–water partition coefficient (Wildman–Crippen LogP) is 0.330. The van der Waals surface area contributed by atoms with Gasteiger partial charge < -0.3 is 10.1 Å². The van der Waals surface area contributed by atoms with E-state index in [4.69, 9.17) is 4.74 Å². The number of rotatable bonds is 4. The summed E-state index contributed by atoms with van der Waals surface area (Å²) < 4.78 is 32.3. The molecule has 0 aliphatic carbocycles. The van der Waals surface area contributed by atoms with Gasteiger partial charge in [0.1, 0.15) is 0 Å². The minimum Gasteiger partial charge on any atom is -0.381 e. The lowest BCUT2D eigenvalue weighted by molar-refractivity contribution is 0.0981. The van der Waals surface area contributed by atoms with Crippen LogP contribution in [0.15, 0.2) is 0 Å². The number of hydrogen-bond donors (Lipinski definition) is 2. The van der Waals surface area contributed by atoms with Crippen molar-refractivity contribution in [3.05, 3.63) is 0 Å². The van der Waals surface area contributed by atoms with Gasteiger partial charge in [-0.1, -0.05) is 6.92 Å². The largest absolute Gasteiger partial charge is 0.381 e. The van der Waals surface area contributed by atoms with Crippen molar-refractivity contribution in [2.45, 2.75) is 31.4 Å². The van der Waals surface area contributed by atoms with Crippen molar-refractivity contribution in [3.63, 3.8) is 0 Å². The van der Waals surface area contributed by atoms with Crippen LogP contribution >= 0.6 is 0 Å². The van der Waals surface area contributed by atoms with Crippen LogP contribution < -0.4 is 10.0 Å². The summed E-state index contributed by atoms with van der Waals surface area (Å²) in [6, 6.07) is 0. The van der Waals surface area contributed by atoms with Crippen molar-refractivity contribution in [2.24, 2.45) is 11.8 Å². The lowest BCUT2D eigenvalue weighted by atomic mass is 9.88. The molecule has 6 heteroatoms. The minimum atomic E-state index is -3.16. The molecule has 2 aliphatic rings. The summed E-state index contributed by atoms with van der Waals surface area (Å²) in [6.45, 7) is 5.88. The van der Waals surface area contributed by atoms with Crippen molar-refractivity contribution in [2.75, 3.05) is 32.8 Å². The third-order valence-electron chi connectivity index (χ3n) is 4.12. The van der Waals surface area contributed by atoms with E-state index in [2.05, 4.69) is 17.0 Å². The van der Waals surface area contributed by atoms with Crippen molar-refractivity contribution < 1.29 is 13.2 Å². The molecule has 0 aromatic carbocycles. The van der Waals surface area contributed by atoms with Crippen LogP contribution in [0.25, 0.3) is 0 Å². The molecular formula is C12H24N2O3S. The molecule has 0 bridgehead atoms. The molecule has 2 atom stereocenters. The molecule has 0 spiro atoms. The molecule has 18 heavy (non-hydrogen) atoms. The topological polar surface area (TPSA) is 67.4 Å². The second kappa shape index (κ2) is 6.32. The molecule has 106 valence electrons. The van der Waals surface area contributed by atoms with Crippen LogP contribution in [0.1, 0.15) is 26.2 Å². The van der Waals surface area contributed by atoms with E-state index in [-0.39, 0.29) is 5.25 Å². The number of hydrogen-bond acceptors (Lipinski definition) is 4. The standard InChI is InChI=1S/C12H24N2O3S/c1-10-8-13-5-2-11(10)9-14-18(15,16)12-3-6-17-7-4-12/h10-14H,2-9H2,1H3. The predicted molar refractivity (Wildman–Crippen MR) is 70.9 cm³/mol. The first-order chi connectivity index (χ1) is 8.59. The van der Waals surface area contributed by atoms with E-state index in [1.165, 1.54) is 0 Å². The summed E-state index contributed by atoms with van der Waals surface area (Å²) in [7, 11) is -3.16. The normalized spacial score (nSPS) is 31.4. The molecule has 2 rings (SSSR count). The summed E-state index contributed by atoms with van der Waals surface area (Å²) in [5.41, 5.74) is 0. The Hall–Kier alpha value is -0.170. The molecule has 0 saturated carbocycles. The zero-order valence-electron chi connectivity index (χ0n) is 11.0. The van der Waals surface area contributed by atoms with Crippen LogP contribution in [0.5, 0.6) is 0 Å².